The molecule has 5 heteroatoms. The number of nitrogens with zero attached hydrogens (tertiary/aromatic N) is 1. The van der Waals surface area contributed by atoms with Gasteiger partial charge in [-0.25, -0.2) is 9.82 Å². The first kappa shape index (κ1) is 17.7. The van der Waals surface area contributed by atoms with Crippen molar-refractivity contribution in [1.29, 1.82) is 0 Å². The van der Waals surface area contributed by atoms with E-state index < -0.39 is 11.7 Å². The number of rotatable bonds is 5. The van der Waals surface area contributed by atoms with Crippen molar-refractivity contribution >= 4 is 12.1 Å². The van der Waals surface area contributed by atoms with E-state index in [1.54, 1.807) is 18.2 Å². The van der Waals surface area contributed by atoms with Gasteiger partial charge in [0, 0.05) is 5.56 Å². The second-order valence-electron chi connectivity index (χ2n) is 6.35. The average Bonchev–Trinajstić information content (AvgIpc) is 2.54. The fourth-order valence-corrected chi connectivity index (χ4v) is 2.14. The van der Waals surface area contributed by atoms with Crippen LogP contribution < -0.4 is 10.2 Å². The van der Waals surface area contributed by atoms with Gasteiger partial charge < -0.3 is 4.74 Å². The van der Waals surface area contributed by atoms with Crippen molar-refractivity contribution in [2.45, 2.75) is 26.2 Å². The zero-order valence-electron chi connectivity index (χ0n) is 14.0. The lowest BCUT2D eigenvalue weighted by Gasteiger charge is -2.22. The summed E-state index contributed by atoms with van der Waals surface area (Å²) in [5.74, 6) is -0.143. The molecule has 0 unspecified atom stereocenters. The van der Waals surface area contributed by atoms with Gasteiger partial charge in [0.1, 0.15) is 11.6 Å². The topological polar surface area (TPSA) is 50.7 Å². The zero-order chi connectivity index (χ0) is 17.6. The van der Waals surface area contributed by atoms with Gasteiger partial charge in [-0.1, -0.05) is 57.2 Å². The summed E-state index contributed by atoms with van der Waals surface area (Å²) in [7, 11) is 0. The van der Waals surface area contributed by atoms with Crippen molar-refractivity contribution in [1.82, 2.24) is 5.43 Å². The van der Waals surface area contributed by atoms with E-state index in [1.807, 2.05) is 24.3 Å². The average molecular weight is 328 g/mol. The van der Waals surface area contributed by atoms with Crippen LogP contribution in [0.15, 0.2) is 53.6 Å². The van der Waals surface area contributed by atoms with E-state index in [0.29, 0.717) is 11.3 Å². The van der Waals surface area contributed by atoms with Gasteiger partial charge in [-0.2, -0.15) is 5.10 Å². The van der Waals surface area contributed by atoms with Crippen LogP contribution in [0.2, 0.25) is 0 Å². The standard InChI is InChI=1S/C19H21FN2O2/c1-19(2,3)15-9-5-7-11-17(15)24-13-18(23)22-21-12-14-8-4-6-10-16(14)20/h4-12H,13H2,1-3H3,(H,22,23)/b21-12+. The Hall–Kier alpha value is -2.69. The largest absolute Gasteiger partial charge is 0.483 e. The van der Waals surface area contributed by atoms with Crippen molar-refractivity contribution in [3.63, 3.8) is 0 Å². The predicted molar refractivity (Wildman–Crippen MR) is 92.8 cm³/mol. The van der Waals surface area contributed by atoms with Gasteiger partial charge in [0.25, 0.3) is 5.91 Å². The van der Waals surface area contributed by atoms with Crippen molar-refractivity contribution in [2.24, 2.45) is 5.10 Å². The molecular weight excluding hydrogens is 307 g/mol. The van der Waals surface area contributed by atoms with E-state index >= 15 is 0 Å². The molecule has 0 atom stereocenters. The van der Waals surface area contributed by atoms with Crippen LogP contribution in [0.1, 0.15) is 31.9 Å². The van der Waals surface area contributed by atoms with E-state index in [-0.39, 0.29) is 12.0 Å². The number of halogens is 1. The van der Waals surface area contributed by atoms with E-state index in [4.69, 9.17) is 4.74 Å². The Kier molecular flexibility index (Phi) is 5.68. The highest BCUT2D eigenvalue weighted by Crippen LogP contribution is 2.30. The van der Waals surface area contributed by atoms with Crippen molar-refractivity contribution < 1.29 is 13.9 Å². The van der Waals surface area contributed by atoms with Crippen LogP contribution in [0.5, 0.6) is 5.75 Å². The number of ether oxygens (including phenoxy) is 1. The highest BCUT2D eigenvalue weighted by Gasteiger charge is 2.18. The van der Waals surface area contributed by atoms with Gasteiger partial charge in [0.15, 0.2) is 6.61 Å². The SMILES string of the molecule is CC(C)(C)c1ccccc1OCC(=O)N/N=C/c1ccccc1F. The molecule has 0 saturated carbocycles. The van der Waals surface area contributed by atoms with Crippen LogP contribution in [0.3, 0.4) is 0 Å². The second-order valence-corrected chi connectivity index (χ2v) is 6.35. The third-order valence-electron chi connectivity index (χ3n) is 3.35. The maximum atomic E-state index is 13.4. The lowest BCUT2D eigenvalue weighted by Crippen LogP contribution is -2.25. The first-order valence-electron chi connectivity index (χ1n) is 7.66. The van der Waals surface area contributed by atoms with Crippen LogP contribution in [0.4, 0.5) is 4.39 Å². The van der Waals surface area contributed by atoms with E-state index in [0.717, 1.165) is 5.56 Å². The lowest BCUT2D eigenvalue weighted by molar-refractivity contribution is -0.123. The number of benzene rings is 2. The Morgan fingerprint density at radius 2 is 1.83 bits per heavy atom. The molecule has 0 aliphatic heterocycles. The number of carbonyl (C=O) groups is 1. The Labute approximate surface area is 141 Å². The molecule has 0 heterocycles. The summed E-state index contributed by atoms with van der Waals surface area (Å²) in [4.78, 5) is 11.8. The summed E-state index contributed by atoms with van der Waals surface area (Å²) in [6.45, 7) is 6.07. The van der Waals surface area contributed by atoms with Gasteiger partial charge in [0.2, 0.25) is 0 Å². The molecule has 2 aromatic carbocycles. The molecule has 0 bridgehead atoms. The third kappa shape index (κ3) is 4.91. The molecule has 0 aromatic heterocycles. The molecule has 0 fully saturated rings. The van der Waals surface area contributed by atoms with Gasteiger partial charge in [0.05, 0.1) is 6.21 Å². The minimum Gasteiger partial charge on any atom is -0.483 e. The lowest BCUT2D eigenvalue weighted by atomic mass is 9.86. The number of hydrazone groups is 1. The molecule has 2 aromatic rings. The minimum absolute atomic E-state index is 0.0872. The Bertz CT molecular complexity index is 736. The summed E-state index contributed by atoms with van der Waals surface area (Å²) >= 11 is 0. The van der Waals surface area contributed by atoms with Crippen LogP contribution >= 0.6 is 0 Å². The molecule has 0 spiro atoms. The van der Waals surface area contributed by atoms with Gasteiger partial charge in [-0.15, -0.1) is 0 Å². The first-order valence-corrected chi connectivity index (χ1v) is 7.66. The number of carbonyl (C=O) groups excluding carboxylic acids is 1. The van der Waals surface area contributed by atoms with Crippen LogP contribution in [0.25, 0.3) is 0 Å². The van der Waals surface area contributed by atoms with Crippen molar-refractivity contribution in [3.8, 4) is 5.75 Å². The van der Waals surface area contributed by atoms with E-state index in [2.05, 4.69) is 31.3 Å². The molecule has 126 valence electrons. The number of para-hydroxylation sites is 1. The molecule has 0 radical (unpaired) electrons. The highest BCUT2D eigenvalue weighted by molar-refractivity contribution is 5.83. The fraction of sp³-hybridized carbons (Fsp3) is 0.263. The normalized spacial score (nSPS) is 11.5. The minimum atomic E-state index is -0.411. The maximum Gasteiger partial charge on any atom is 0.277 e. The van der Waals surface area contributed by atoms with Gasteiger partial charge in [-0.3, -0.25) is 4.79 Å². The smallest absolute Gasteiger partial charge is 0.277 e. The van der Waals surface area contributed by atoms with Gasteiger partial charge in [-0.05, 0) is 23.1 Å². The van der Waals surface area contributed by atoms with Crippen LogP contribution in [-0.2, 0) is 10.2 Å². The van der Waals surface area contributed by atoms with Crippen LogP contribution in [0, 0.1) is 5.82 Å². The molecule has 1 N–H and O–H groups in total. The zero-order valence-corrected chi connectivity index (χ0v) is 14.0. The summed E-state index contributed by atoms with van der Waals surface area (Å²) in [6.07, 6.45) is 1.26. The molecule has 1 amide bonds. The first-order chi connectivity index (χ1) is 11.4. The number of hydrogen-bond acceptors (Lipinski definition) is 3. The highest BCUT2D eigenvalue weighted by atomic mass is 19.1. The Morgan fingerprint density at radius 1 is 1.17 bits per heavy atom. The Morgan fingerprint density at radius 3 is 2.54 bits per heavy atom. The molecule has 2 rings (SSSR count). The van der Waals surface area contributed by atoms with Gasteiger partial charge >= 0.3 is 0 Å². The quantitative estimate of drug-likeness (QED) is 0.673. The maximum absolute atomic E-state index is 13.4. The van der Waals surface area contributed by atoms with Crippen molar-refractivity contribution in [3.05, 3.63) is 65.5 Å². The fourth-order valence-electron chi connectivity index (χ4n) is 2.14. The number of nitrogens with one attached hydrogen (secondary N) is 1. The number of hydrogen-bond donors (Lipinski definition) is 1. The summed E-state index contributed by atoms with van der Waals surface area (Å²) in [5.41, 5.74) is 3.56. The van der Waals surface area contributed by atoms with Crippen molar-refractivity contribution in [2.75, 3.05) is 6.61 Å². The molecule has 0 aliphatic carbocycles. The number of amides is 1. The third-order valence-corrected chi connectivity index (χ3v) is 3.35. The van der Waals surface area contributed by atoms with E-state index in [9.17, 15) is 9.18 Å². The second kappa shape index (κ2) is 7.73. The summed E-state index contributed by atoms with van der Waals surface area (Å²) in [6, 6.07) is 13.8. The van der Waals surface area contributed by atoms with Crippen LogP contribution in [-0.4, -0.2) is 18.7 Å². The monoisotopic (exact) mass is 328 g/mol. The summed E-state index contributed by atoms with van der Waals surface area (Å²) < 4.78 is 19.0. The predicted octanol–water partition coefficient (Wildman–Crippen LogP) is 3.65. The molecular formula is C19H21FN2O2. The molecule has 0 aliphatic rings. The Balaban J connectivity index is 1.92. The molecule has 24 heavy (non-hydrogen) atoms. The molecule has 0 saturated heterocycles. The van der Waals surface area contributed by atoms with E-state index in [1.165, 1.54) is 12.3 Å². The summed E-state index contributed by atoms with van der Waals surface area (Å²) in [5, 5.41) is 3.74. The molecule has 4 nitrogen and oxygen atoms in total.